The van der Waals surface area contributed by atoms with Gasteiger partial charge in [0.15, 0.2) is 4.87 Å². The smallest absolute Gasteiger partial charge is 0.321 e. The van der Waals surface area contributed by atoms with Gasteiger partial charge in [-0.1, -0.05) is 115 Å². The van der Waals surface area contributed by atoms with Gasteiger partial charge in [0.25, 0.3) is 5.91 Å². The minimum absolute atomic E-state index is 0.260. The fraction of sp³-hybridized carbons (Fsp3) is 0.724. The van der Waals surface area contributed by atoms with E-state index in [0.29, 0.717) is 12.1 Å². The van der Waals surface area contributed by atoms with E-state index in [1.807, 2.05) is 0 Å². The number of carbonyl (C=O) groups excluding carboxylic acids is 1. The van der Waals surface area contributed by atoms with Crippen molar-refractivity contribution in [2.24, 2.45) is 0 Å². The molecule has 1 aliphatic heterocycles. The predicted octanol–water partition coefficient (Wildman–Crippen LogP) is 7.15. The number of nitrogens with one attached hydrogen (secondary N) is 2. The van der Waals surface area contributed by atoms with E-state index in [2.05, 4.69) is 17.6 Å². The maximum absolute atomic E-state index is 13.4. The van der Waals surface area contributed by atoms with E-state index < -0.39 is 16.9 Å². The van der Waals surface area contributed by atoms with E-state index in [1.165, 1.54) is 114 Å². The van der Waals surface area contributed by atoms with Crippen LogP contribution in [0.15, 0.2) is 24.3 Å². The number of hydrogen-bond acceptors (Lipinski definition) is 4. The van der Waals surface area contributed by atoms with Crippen LogP contribution in [0.2, 0.25) is 0 Å². The third kappa shape index (κ3) is 10.8. The monoisotopic (exact) mass is 522 g/mol. The molecule has 1 unspecified atom stereocenters. The largest absolute Gasteiger partial charge is 0.480 e. The van der Waals surface area contributed by atoms with Crippen molar-refractivity contribution in [3.63, 3.8) is 0 Å². The van der Waals surface area contributed by atoms with Crippen LogP contribution in [-0.2, 0) is 14.5 Å². The van der Waals surface area contributed by atoms with Gasteiger partial charge < -0.3 is 10.4 Å². The number of hydrogen-bond donors (Lipinski definition) is 3. The van der Waals surface area contributed by atoms with Gasteiger partial charge in [0.1, 0.15) is 11.9 Å². The number of unbranched alkanes of at least 4 members (excludes halogenated alkanes) is 15. The first-order chi connectivity index (χ1) is 17.5. The molecule has 0 aliphatic carbocycles. The molecule has 0 radical (unpaired) electrons. The van der Waals surface area contributed by atoms with Gasteiger partial charge in [0, 0.05) is 12.3 Å². The number of carboxylic acids is 1. The lowest BCUT2D eigenvalue weighted by Crippen LogP contribution is -2.52. The Morgan fingerprint density at radius 1 is 0.889 bits per heavy atom. The Kier molecular flexibility index (Phi) is 15.1. The maximum atomic E-state index is 13.4. The summed E-state index contributed by atoms with van der Waals surface area (Å²) in [6.45, 7) is 2.82. The summed E-state index contributed by atoms with van der Waals surface area (Å²) in [7, 11) is 0. The van der Waals surface area contributed by atoms with Crippen molar-refractivity contribution < 1.29 is 19.1 Å². The summed E-state index contributed by atoms with van der Waals surface area (Å²) in [4.78, 5) is 23.4. The lowest BCUT2D eigenvalue weighted by molar-refractivity contribution is -0.139. The molecular weight excluding hydrogens is 475 g/mol. The quantitative estimate of drug-likeness (QED) is 0.159. The van der Waals surface area contributed by atoms with Gasteiger partial charge >= 0.3 is 5.97 Å². The number of benzene rings is 1. The molecule has 0 aromatic heterocycles. The predicted molar refractivity (Wildman–Crippen MR) is 148 cm³/mol. The Morgan fingerprint density at radius 2 is 1.36 bits per heavy atom. The van der Waals surface area contributed by atoms with Gasteiger partial charge in [-0.3, -0.25) is 14.9 Å². The molecule has 1 aromatic carbocycles. The highest BCUT2D eigenvalue weighted by Crippen LogP contribution is 2.40. The Labute approximate surface area is 221 Å². The highest BCUT2D eigenvalue weighted by atomic mass is 32.2. The Balaban J connectivity index is 1.54. The first-order valence-electron chi connectivity index (χ1n) is 14.2. The molecule has 2 rings (SSSR count). The standard InChI is InChI=1S/C29H47FN2O3S/c1-2-3-4-5-6-7-8-9-10-11-12-13-14-15-16-17-22-31-28(35)29(24-18-20-25(30)21-19-24)32-26(23-36-29)27(33)34/h18-21,26,32H,2-17,22-23H2,1H3,(H,31,35)(H,33,34)/t26-,29?/m0/s1. The molecule has 1 aromatic rings. The number of aliphatic carboxylic acids is 1. The van der Waals surface area contributed by atoms with Crippen LogP contribution >= 0.6 is 11.8 Å². The van der Waals surface area contributed by atoms with Crippen molar-refractivity contribution >= 4 is 23.6 Å². The van der Waals surface area contributed by atoms with Gasteiger partial charge in [0.2, 0.25) is 0 Å². The third-order valence-electron chi connectivity index (χ3n) is 7.03. The van der Waals surface area contributed by atoms with Crippen molar-refractivity contribution in [1.29, 1.82) is 0 Å². The zero-order valence-corrected chi connectivity index (χ0v) is 23.0. The molecule has 3 N–H and O–H groups in total. The number of thioether (sulfide) groups is 1. The van der Waals surface area contributed by atoms with Crippen molar-refractivity contribution in [1.82, 2.24) is 10.6 Å². The molecule has 2 atom stereocenters. The topological polar surface area (TPSA) is 78.4 Å². The summed E-state index contributed by atoms with van der Waals surface area (Å²) in [5.41, 5.74) is 0.571. The van der Waals surface area contributed by atoms with E-state index in [0.717, 1.165) is 12.8 Å². The molecule has 1 heterocycles. The lowest BCUT2D eigenvalue weighted by Gasteiger charge is -2.28. The van der Waals surface area contributed by atoms with Gasteiger partial charge in [-0.2, -0.15) is 0 Å². The molecular formula is C29H47FN2O3S. The van der Waals surface area contributed by atoms with Gasteiger partial charge in [0.05, 0.1) is 0 Å². The molecule has 5 nitrogen and oxygen atoms in total. The Bertz CT molecular complexity index is 761. The van der Waals surface area contributed by atoms with E-state index in [9.17, 15) is 19.1 Å². The van der Waals surface area contributed by atoms with Crippen LogP contribution in [0.5, 0.6) is 0 Å². The summed E-state index contributed by atoms with van der Waals surface area (Å²) >= 11 is 1.26. The van der Waals surface area contributed by atoms with Gasteiger partial charge in [-0.05, 0) is 24.1 Å². The molecule has 1 aliphatic rings. The molecule has 0 saturated carbocycles. The minimum atomic E-state index is -1.20. The number of amides is 1. The van der Waals surface area contributed by atoms with Crippen LogP contribution in [0.1, 0.15) is 115 Å². The summed E-state index contributed by atoms with van der Waals surface area (Å²) in [5, 5.41) is 15.3. The van der Waals surface area contributed by atoms with Crippen LogP contribution in [0, 0.1) is 5.82 Å². The zero-order chi connectivity index (χ0) is 26.1. The molecule has 1 fully saturated rings. The van der Waals surface area contributed by atoms with Crippen LogP contribution < -0.4 is 10.6 Å². The number of halogens is 1. The van der Waals surface area contributed by atoms with E-state index in [-0.39, 0.29) is 17.5 Å². The van der Waals surface area contributed by atoms with E-state index in [1.54, 1.807) is 12.1 Å². The van der Waals surface area contributed by atoms with Crippen molar-refractivity contribution in [2.45, 2.75) is 121 Å². The molecule has 1 amide bonds. The van der Waals surface area contributed by atoms with E-state index in [4.69, 9.17) is 0 Å². The summed E-state index contributed by atoms with van der Waals surface area (Å²) < 4.78 is 13.4. The Hall–Kier alpha value is -1.60. The first kappa shape index (κ1) is 30.6. The number of carbonyl (C=O) groups is 2. The molecule has 7 heteroatoms. The lowest BCUT2D eigenvalue weighted by atomic mass is 10.0. The molecule has 0 bridgehead atoms. The maximum Gasteiger partial charge on any atom is 0.321 e. The second kappa shape index (κ2) is 17.8. The fourth-order valence-electron chi connectivity index (χ4n) is 4.78. The molecule has 0 spiro atoms. The average molecular weight is 523 g/mol. The Morgan fingerprint density at radius 3 is 1.81 bits per heavy atom. The van der Waals surface area contributed by atoms with Crippen LogP contribution in [-0.4, -0.2) is 35.3 Å². The highest BCUT2D eigenvalue weighted by molar-refractivity contribution is 8.01. The number of rotatable bonds is 20. The van der Waals surface area contributed by atoms with Crippen molar-refractivity contribution in [2.75, 3.05) is 12.3 Å². The van der Waals surface area contributed by atoms with Gasteiger partial charge in [-0.25, -0.2) is 4.39 Å². The first-order valence-corrected chi connectivity index (χ1v) is 15.2. The molecule has 36 heavy (non-hydrogen) atoms. The zero-order valence-electron chi connectivity index (χ0n) is 22.2. The van der Waals surface area contributed by atoms with Crippen LogP contribution in [0.4, 0.5) is 4.39 Å². The SMILES string of the molecule is CCCCCCCCCCCCCCCCCCNC(=O)C1(c2ccc(F)cc2)N[C@H](C(=O)O)CS1. The van der Waals surface area contributed by atoms with E-state index >= 15 is 0 Å². The van der Waals surface area contributed by atoms with Crippen molar-refractivity contribution in [3.05, 3.63) is 35.6 Å². The van der Waals surface area contributed by atoms with Crippen LogP contribution in [0.3, 0.4) is 0 Å². The summed E-state index contributed by atoms with van der Waals surface area (Å²) in [6.07, 6.45) is 20.8. The minimum Gasteiger partial charge on any atom is -0.480 e. The normalized spacial score (nSPS) is 19.4. The second-order valence-electron chi connectivity index (χ2n) is 10.1. The molecule has 1 saturated heterocycles. The highest BCUT2D eigenvalue weighted by Gasteiger charge is 2.49. The second-order valence-corrected chi connectivity index (χ2v) is 11.3. The average Bonchev–Trinajstić information content (AvgIpc) is 3.33. The fourth-order valence-corrected chi connectivity index (χ4v) is 6.16. The van der Waals surface area contributed by atoms with Gasteiger partial charge in [-0.15, -0.1) is 11.8 Å². The third-order valence-corrected chi connectivity index (χ3v) is 8.50. The van der Waals surface area contributed by atoms with Crippen LogP contribution in [0.25, 0.3) is 0 Å². The molecule has 204 valence electrons. The number of carboxylic acid groups (broad SMARTS) is 1. The summed E-state index contributed by atoms with van der Waals surface area (Å²) in [5.74, 6) is -1.36. The summed E-state index contributed by atoms with van der Waals surface area (Å²) in [6, 6.07) is 4.88. The van der Waals surface area contributed by atoms with Crippen molar-refractivity contribution in [3.8, 4) is 0 Å².